The highest BCUT2D eigenvalue weighted by Crippen LogP contribution is 2.23. The third-order valence-corrected chi connectivity index (χ3v) is 5.46. The monoisotopic (exact) mass is 376 g/mol. The number of piperazine rings is 1. The van der Waals surface area contributed by atoms with E-state index in [0.29, 0.717) is 5.75 Å². The smallest absolute Gasteiger partial charge is 0.233 e. The van der Waals surface area contributed by atoms with Gasteiger partial charge in [0.1, 0.15) is 5.75 Å². The van der Waals surface area contributed by atoms with Crippen LogP contribution in [0.4, 0.5) is 5.69 Å². The van der Waals surface area contributed by atoms with Gasteiger partial charge in [-0.1, -0.05) is 17.7 Å². The third-order valence-electron chi connectivity index (χ3n) is 4.23. The molecule has 0 spiro atoms. The van der Waals surface area contributed by atoms with Gasteiger partial charge in [0, 0.05) is 41.8 Å². The van der Waals surface area contributed by atoms with E-state index in [2.05, 4.69) is 11.0 Å². The number of carbonyl (C=O) groups is 1. The van der Waals surface area contributed by atoms with E-state index in [0.717, 1.165) is 47.5 Å². The molecule has 0 N–H and O–H groups in total. The number of benzene rings is 2. The highest BCUT2D eigenvalue weighted by Gasteiger charge is 2.21. The Morgan fingerprint density at radius 3 is 2.48 bits per heavy atom. The highest BCUT2D eigenvalue weighted by molar-refractivity contribution is 8.00. The van der Waals surface area contributed by atoms with Gasteiger partial charge in [-0.15, -0.1) is 11.8 Å². The molecule has 0 unspecified atom stereocenters. The van der Waals surface area contributed by atoms with Crippen LogP contribution in [0.2, 0.25) is 5.02 Å². The summed E-state index contributed by atoms with van der Waals surface area (Å²) < 4.78 is 5.15. The van der Waals surface area contributed by atoms with E-state index in [9.17, 15) is 4.79 Å². The number of halogens is 1. The van der Waals surface area contributed by atoms with E-state index in [-0.39, 0.29) is 5.91 Å². The van der Waals surface area contributed by atoms with E-state index in [1.165, 1.54) is 0 Å². The molecule has 4 nitrogen and oxygen atoms in total. The van der Waals surface area contributed by atoms with Crippen LogP contribution in [-0.2, 0) is 4.79 Å². The fourth-order valence-electron chi connectivity index (χ4n) is 2.80. The van der Waals surface area contributed by atoms with Crippen molar-refractivity contribution in [1.29, 1.82) is 0 Å². The standard InChI is InChI=1S/C19H21ClN2O2S/c1-24-17-5-7-18(8-6-17)25-14-19(23)22-11-9-21(10-12-22)16-4-2-3-15(20)13-16/h2-8,13H,9-12,14H2,1H3. The van der Waals surface area contributed by atoms with Crippen LogP contribution in [0.15, 0.2) is 53.4 Å². The summed E-state index contributed by atoms with van der Waals surface area (Å²) in [6, 6.07) is 15.7. The second kappa shape index (κ2) is 8.50. The summed E-state index contributed by atoms with van der Waals surface area (Å²) >= 11 is 7.62. The molecule has 1 aliphatic rings. The molecule has 1 saturated heterocycles. The fraction of sp³-hybridized carbons (Fsp3) is 0.316. The lowest BCUT2D eigenvalue weighted by Crippen LogP contribution is -2.49. The van der Waals surface area contributed by atoms with Crippen LogP contribution in [0.1, 0.15) is 0 Å². The summed E-state index contributed by atoms with van der Waals surface area (Å²) in [5.74, 6) is 1.48. The average molecular weight is 377 g/mol. The molecule has 1 amide bonds. The zero-order valence-corrected chi connectivity index (χ0v) is 15.7. The van der Waals surface area contributed by atoms with Crippen molar-refractivity contribution < 1.29 is 9.53 Å². The van der Waals surface area contributed by atoms with E-state index in [1.807, 2.05) is 47.4 Å². The van der Waals surface area contributed by atoms with Crippen LogP contribution in [0, 0.1) is 0 Å². The normalized spacial score (nSPS) is 14.5. The number of amides is 1. The zero-order valence-electron chi connectivity index (χ0n) is 14.2. The Balaban J connectivity index is 1.48. The SMILES string of the molecule is COc1ccc(SCC(=O)N2CCN(c3cccc(Cl)c3)CC2)cc1. The summed E-state index contributed by atoms with van der Waals surface area (Å²) in [6.07, 6.45) is 0. The molecule has 0 saturated carbocycles. The minimum Gasteiger partial charge on any atom is -0.497 e. The van der Waals surface area contributed by atoms with Crippen LogP contribution >= 0.6 is 23.4 Å². The van der Waals surface area contributed by atoms with Gasteiger partial charge in [0.25, 0.3) is 0 Å². The molecule has 132 valence electrons. The predicted octanol–water partition coefficient (Wildman–Crippen LogP) is 3.79. The summed E-state index contributed by atoms with van der Waals surface area (Å²) in [5, 5.41) is 0.742. The van der Waals surface area contributed by atoms with Gasteiger partial charge in [0.15, 0.2) is 0 Å². The number of rotatable bonds is 5. The minimum absolute atomic E-state index is 0.187. The van der Waals surface area contributed by atoms with Gasteiger partial charge in [0.2, 0.25) is 5.91 Å². The number of thioether (sulfide) groups is 1. The van der Waals surface area contributed by atoms with Crippen molar-refractivity contribution >= 4 is 35.0 Å². The van der Waals surface area contributed by atoms with Crippen molar-refractivity contribution in [2.75, 3.05) is 43.9 Å². The molecular formula is C19H21ClN2O2S. The third kappa shape index (κ3) is 4.83. The van der Waals surface area contributed by atoms with E-state index in [1.54, 1.807) is 18.9 Å². The molecule has 25 heavy (non-hydrogen) atoms. The number of nitrogens with zero attached hydrogens (tertiary/aromatic N) is 2. The van der Waals surface area contributed by atoms with E-state index >= 15 is 0 Å². The summed E-state index contributed by atoms with van der Waals surface area (Å²) in [5.41, 5.74) is 1.12. The summed E-state index contributed by atoms with van der Waals surface area (Å²) in [4.78, 5) is 17.7. The lowest BCUT2D eigenvalue weighted by molar-refractivity contribution is -0.128. The first-order valence-electron chi connectivity index (χ1n) is 8.21. The first-order valence-corrected chi connectivity index (χ1v) is 9.57. The van der Waals surface area contributed by atoms with Crippen LogP contribution in [0.25, 0.3) is 0 Å². The maximum Gasteiger partial charge on any atom is 0.233 e. The van der Waals surface area contributed by atoms with Gasteiger partial charge >= 0.3 is 0 Å². The topological polar surface area (TPSA) is 32.8 Å². The molecule has 1 heterocycles. The molecule has 3 rings (SSSR count). The molecule has 6 heteroatoms. The molecule has 0 aromatic heterocycles. The Labute approximate surface area is 157 Å². The Hall–Kier alpha value is -1.85. The van der Waals surface area contributed by atoms with Gasteiger partial charge in [-0.25, -0.2) is 0 Å². The Morgan fingerprint density at radius 2 is 1.84 bits per heavy atom. The van der Waals surface area contributed by atoms with Crippen LogP contribution in [-0.4, -0.2) is 49.8 Å². The highest BCUT2D eigenvalue weighted by atomic mass is 35.5. The van der Waals surface area contributed by atoms with Crippen molar-refractivity contribution in [2.45, 2.75) is 4.90 Å². The number of hydrogen-bond acceptors (Lipinski definition) is 4. The van der Waals surface area contributed by atoms with Gasteiger partial charge in [-0.2, -0.15) is 0 Å². The van der Waals surface area contributed by atoms with Crippen molar-refractivity contribution in [2.24, 2.45) is 0 Å². The van der Waals surface area contributed by atoms with Crippen molar-refractivity contribution in [3.05, 3.63) is 53.6 Å². The van der Waals surface area contributed by atoms with Gasteiger partial charge in [-0.3, -0.25) is 4.79 Å². The number of methoxy groups -OCH3 is 1. The lowest BCUT2D eigenvalue weighted by Gasteiger charge is -2.36. The fourth-order valence-corrected chi connectivity index (χ4v) is 3.78. The first-order chi connectivity index (χ1) is 12.2. The van der Waals surface area contributed by atoms with Crippen molar-refractivity contribution in [1.82, 2.24) is 4.90 Å². The molecule has 2 aromatic rings. The number of carbonyl (C=O) groups excluding carboxylic acids is 1. The van der Waals surface area contributed by atoms with Gasteiger partial charge in [-0.05, 0) is 42.5 Å². The molecule has 1 fully saturated rings. The first kappa shape index (κ1) is 18.0. The van der Waals surface area contributed by atoms with Gasteiger partial charge in [0.05, 0.1) is 12.9 Å². The number of anilines is 1. The number of ether oxygens (including phenoxy) is 1. The Kier molecular flexibility index (Phi) is 6.10. The van der Waals surface area contributed by atoms with Crippen molar-refractivity contribution in [3.8, 4) is 5.75 Å². The average Bonchev–Trinajstić information content (AvgIpc) is 2.66. The minimum atomic E-state index is 0.187. The lowest BCUT2D eigenvalue weighted by atomic mass is 10.2. The Morgan fingerprint density at radius 1 is 1.12 bits per heavy atom. The maximum atomic E-state index is 12.4. The molecule has 2 aromatic carbocycles. The van der Waals surface area contributed by atoms with Crippen LogP contribution < -0.4 is 9.64 Å². The van der Waals surface area contributed by atoms with E-state index < -0.39 is 0 Å². The van der Waals surface area contributed by atoms with Crippen LogP contribution in [0.5, 0.6) is 5.75 Å². The van der Waals surface area contributed by atoms with E-state index in [4.69, 9.17) is 16.3 Å². The second-order valence-corrected chi connectivity index (χ2v) is 7.30. The molecule has 0 atom stereocenters. The molecule has 0 bridgehead atoms. The molecule has 0 radical (unpaired) electrons. The maximum absolute atomic E-state index is 12.4. The summed E-state index contributed by atoms with van der Waals surface area (Å²) in [6.45, 7) is 3.15. The molecule has 1 aliphatic heterocycles. The quantitative estimate of drug-likeness (QED) is 0.743. The molecule has 0 aliphatic carbocycles. The Bertz CT molecular complexity index is 716. The predicted molar refractivity (Wildman–Crippen MR) is 104 cm³/mol. The number of hydrogen-bond donors (Lipinski definition) is 0. The largest absolute Gasteiger partial charge is 0.497 e. The van der Waals surface area contributed by atoms with Crippen molar-refractivity contribution in [3.63, 3.8) is 0 Å². The van der Waals surface area contributed by atoms with Gasteiger partial charge < -0.3 is 14.5 Å². The van der Waals surface area contributed by atoms with Crippen LogP contribution in [0.3, 0.4) is 0 Å². The summed E-state index contributed by atoms with van der Waals surface area (Å²) in [7, 11) is 1.65. The second-order valence-electron chi connectivity index (χ2n) is 5.81. The zero-order chi connectivity index (χ0) is 17.6. The molecular weight excluding hydrogens is 356 g/mol.